The molecule has 0 N–H and O–H groups in total. The van der Waals surface area contributed by atoms with Crippen LogP contribution in [0.4, 0.5) is 0 Å². The molecule has 0 aliphatic rings. The minimum absolute atomic E-state index is 0. The second-order valence-corrected chi connectivity index (χ2v) is 5.25. The maximum absolute atomic E-state index is 8.52. The molecule has 0 saturated carbocycles. The van der Waals surface area contributed by atoms with Crippen molar-refractivity contribution in [3.05, 3.63) is 0 Å². The van der Waals surface area contributed by atoms with Crippen molar-refractivity contribution in [3.8, 4) is 0 Å². The molecule has 0 bridgehead atoms. The van der Waals surface area contributed by atoms with Crippen LogP contribution in [0.2, 0.25) is 0 Å². The van der Waals surface area contributed by atoms with E-state index in [0.717, 1.165) is 0 Å². The summed E-state index contributed by atoms with van der Waals surface area (Å²) in [6, 6.07) is 0. The Hall–Kier alpha value is 2.41. The van der Waals surface area contributed by atoms with E-state index in [0.29, 0.717) is 0 Å². The van der Waals surface area contributed by atoms with Crippen molar-refractivity contribution in [2.24, 2.45) is 0 Å². The fourth-order valence-corrected chi connectivity index (χ4v) is 0. The predicted octanol–water partition coefficient (Wildman–Crippen LogP) is -21.7. The van der Waals surface area contributed by atoms with Gasteiger partial charge >= 0.3 is 156 Å². The van der Waals surface area contributed by atoms with Crippen LogP contribution in [0.5, 0.6) is 0 Å². The van der Waals surface area contributed by atoms with Crippen molar-refractivity contribution in [1.29, 1.82) is 0 Å². The largest absolute Gasteiger partial charge is 3.00 e. The van der Waals surface area contributed by atoms with Crippen LogP contribution in [0.3, 0.4) is 0 Å². The van der Waals surface area contributed by atoms with E-state index in [4.69, 9.17) is 98.4 Å². The molecule has 0 atom stereocenters. The van der Waals surface area contributed by atoms with E-state index < -0.39 is 64.2 Å². The first-order valence-corrected chi connectivity index (χ1v) is 12.9. The van der Waals surface area contributed by atoms with Crippen LogP contribution in [0, 0.1) is 0 Å². The first kappa shape index (κ1) is 83.3. The van der Waals surface area contributed by atoms with Crippen LogP contribution in [0.15, 0.2) is 0 Å². The maximum Gasteiger partial charge on any atom is 3.00 e. The Morgan fingerprint density at radius 2 is 0.265 bits per heavy atom. The topological polar surface area (TPSA) is 442 Å². The summed E-state index contributed by atoms with van der Waals surface area (Å²) in [7, 11) is -25.4. The molecule has 0 aliphatic heterocycles. The minimum atomic E-state index is -3.63. The Labute approximate surface area is 313 Å². The van der Waals surface area contributed by atoms with Crippen LogP contribution in [0.25, 0.3) is 0 Å². The molecule has 0 heterocycles. The summed E-state index contributed by atoms with van der Waals surface area (Å²) in [4.78, 5) is 119. The van der Waals surface area contributed by atoms with Crippen molar-refractivity contribution < 1.29 is 133 Å². The quantitative estimate of drug-likeness (QED) is 0.206. The zero-order valence-corrected chi connectivity index (χ0v) is 32.1. The van der Waals surface area contributed by atoms with Gasteiger partial charge in [0.25, 0.3) is 0 Å². The van der Waals surface area contributed by atoms with E-state index in [1.165, 1.54) is 0 Å². The molecular weight excluding hydrogens is 773 g/mol. The molecule has 2 radical (unpaired) electrons. The van der Waals surface area contributed by atoms with Crippen LogP contribution in [-0.4, -0.2) is 186 Å². The van der Waals surface area contributed by atoms with Crippen LogP contribution in [-0.2, 0) is 65.4 Å². The monoisotopic (exact) mass is 771 g/mol. The molecule has 0 aliphatic carbocycles. The second-order valence-electron chi connectivity index (χ2n) is 1.75. The normalized spacial score (nSPS) is 4.94. The Bertz CT molecular complexity index is 334. The van der Waals surface area contributed by atoms with Gasteiger partial charge in [0.15, 0.2) is 0 Å². The molecule has 0 rings (SSSR count). The number of hydrogen-bond donors (Lipinski definition) is 0. The summed E-state index contributed by atoms with van der Waals surface area (Å²) in [5.41, 5.74) is 0. The van der Waals surface area contributed by atoms with Crippen molar-refractivity contribution >= 4 is 186 Å². The first-order chi connectivity index (χ1) is 12.1. The zero-order valence-electron chi connectivity index (χ0n) is 15.6. The van der Waals surface area contributed by atoms with Gasteiger partial charge in [-0.2, -0.15) is 0 Å². The molecule has 178 valence electrons. The third-order valence-corrected chi connectivity index (χ3v) is 0. The standard InChI is InChI=1S/2Ca.2Fe.2Mg.7O3Si/c;;;;;;7*1-4(2)3/q2*+2;2*+3;2*+2;7*-2. The SMILES string of the molecule is O=[Si]([O-])[O-].O=[Si]([O-])[O-].O=[Si]([O-])[O-].O=[Si]([O-])[O-].O=[Si]([O-])[O-].O=[Si]([O-])[O-].O=[Si]([O-])[O-].[Ca+2].[Ca+2].[Fe+3].[Fe+3].[Mg+2].[Mg+2]. The van der Waals surface area contributed by atoms with Gasteiger partial charge in [-0.15, -0.1) is 0 Å². The summed E-state index contributed by atoms with van der Waals surface area (Å²) in [5, 5.41) is 0. The fourth-order valence-electron chi connectivity index (χ4n) is 0. The van der Waals surface area contributed by atoms with E-state index >= 15 is 0 Å². The summed E-state index contributed by atoms with van der Waals surface area (Å²) in [6.45, 7) is 0. The van der Waals surface area contributed by atoms with Gasteiger partial charge in [0.05, 0.1) is 0 Å². The van der Waals surface area contributed by atoms with Crippen LogP contribution < -0.4 is 67.1 Å². The van der Waals surface area contributed by atoms with Gasteiger partial charge in [0, 0.05) is 64.2 Å². The molecule has 34 heteroatoms. The molecule has 0 amide bonds. The van der Waals surface area contributed by atoms with Crippen molar-refractivity contribution in [2.75, 3.05) is 0 Å². The second kappa shape index (κ2) is 76.5. The van der Waals surface area contributed by atoms with Gasteiger partial charge in [0.2, 0.25) is 0 Å². The summed E-state index contributed by atoms with van der Waals surface area (Å²) >= 11 is 0. The first-order valence-electron chi connectivity index (χ1n) is 4.29. The van der Waals surface area contributed by atoms with Gasteiger partial charge in [0.1, 0.15) is 0 Å². The van der Waals surface area contributed by atoms with Gasteiger partial charge < -0.3 is 98.4 Å². The van der Waals surface area contributed by atoms with Gasteiger partial charge in [-0.3, -0.25) is 0 Å². The number of hydrogen-bond acceptors (Lipinski definition) is 21. The predicted molar refractivity (Wildman–Crippen MR) is 68.1 cm³/mol. The summed E-state index contributed by atoms with van der Waals surface area (Å²) in [5.74, 6) is 0. The molecule has 34 heavy (non-hydrogen) atoms. The fraction of sp³-hybridized carbons (Fsp3) is 0. The van der Waals surface area contributed by atoms with Gasteiger partial charge in [-0.25, -0.2) is 0 Å². The zero-order chi connectivity index (χ0) is 25.0. The van der Waals surface area contributed by atoms with E-state index in [-0.39, 0.29) is 156 Å². The summed E-state index contributed by atoms with van der Waals surface area (Å²) < 4.78 is 59.6. The Kier molecular flexibility index (Phi) is 187. The molecule has 0 fully saturated rings. The molecular formula is Ca2Fe2Mg2O21Si7. The van der Waals surface area contributed by atoms with Crippen LogP contribution in [0.1, 0.15) is 0 Å². The molecule has 0 aromatic carbocycles. The van der Waals surface area contributed by atoms with E-state index in [1.807, 2.05) is 0 Å². The van der Waals surface area contributed by atoms with Gasteiger partial charge in [-0.1, -0.05) is 0 Å². The molecule has 0 aromatic heterocycles. The molecule has 0 unspecified atom stereocenters. The average Bonchev–Trinajstić information content (AvgIpc) is 2.20. The molecule has 21 nitrogen and oxygen atoms in total. The van der Waals surface area contributed by atoms with E-state index in [1.54, 1.807) is 0 Å². The molecule has 0 spiro atoms. The minimum Gasteiger partial charge on any atom is -0.672 e. The Morgan fingerprint density at radius 1 is 0.265 bits per heavy atom. The van der Waals surface area contributed by atoms with E-state index in [2.05, 4.69) is 0 Å². The third kappa shape index (κ3) is 6620. The number of rotatable bonds is 0. The maximum atomic E-state index is 8.52. The average molecular weight is 773 g/mol. The Morgan fingerprint density at radius 3 is 0.265 bits per heavy atom. The van der Waals surface area contributed by atoms with Crippen LogP contribution >= 0.6 is 0 Å². The Balaban J connectivity index is -0.0000000134. The smallest absolute Gasteiger partial charge is 0.672 e. The van der Waals surface area contributed by atoms with Crippen molar-refractivity contribution in [1.82, 2.24) is 0 Å². The van der Waals surface area contributed by atoms with Gasteiger partial charge in [-0.05, 0) is 0 Å². The molecule has 0 aromatic rings. The molecule has 0 saturated heterocycles. The van der Waals surface area contributed by atoms with Crippen molar-refractivity contribution in [3.63, 3.8) is 0 Å². The van der Waals surface area contributed by atoms with E-state index in [9.17, 15) is 0 Å². The summed E-state index contributed by atoms with van der Waals surface area (Å²) in [6.07, 6.45) is 0. The van der Waals surface area contributed by atoms with Crippen molar-refractivity contribution in [2.45, 2.75) is 0 Å². The third-order valence-electron chi connectivity index (χ3n) is 0.